The molecule has 0 saturated carbocycles. The van der Waals surface area contributed by atoms with E-state index in [2.05, 4.69) is 10.3 Å². The third-order valence-electron chi connectivity index (χ3n) is 5.81. The van der Waals surface area contributed by atoms with E-state index in [-0.39, 0.29) is 30.1 Å². The van der Waals surface area contributed by atoms with E-state index in [9.17, 15) is 14.0 Å². The van der Waals surface area contributed by atoms with Crippen molar-refractivity contribution in [1.29, 1.82) is 0 Å². The van der Waals surface area contributed by atoms with Gasteiger partial charge in [-0.25, -0.2) is 9.37 Å². The molecule has 5 rings (SSSR count). The summed E-state index contributed by atoms with van der Waals surface area (Å²) in [7, 11) is 0. The molecule has 1 N–H and O–H groups in total. The Kier molecular flexibility index (Phi) is 5.63. The van der Waals surface area contributed by atoms with Crippen molar-refractivity contribution in [2.75, 3.05) is 5.32 Å². The van der Waals surface area contributed by atoms with Gasteiger partial charge in [0.25, 0.3) is 5.56 Å². The highest BCUT2D eigenvalue weighted by atomic mass is 35.5. The fourth-order valence-corrected chi connectivity index (χ4v) is 4.30. The molecule has 0 saturated heterocycles. The van der Waals surface area contributed by atoms with E-state index >= 15 is 0 Å². The average molecular weight is 475 g/mol. The number of benzene rings is 3. The van der Waals surface area contributed by atoms with Crippen LogP contribution in [-0.2, 0) is 17.9 Å². The summed E-state index contributed by atoms with van der Waals surface area (Å²) in [6.07, 6.45) is 1.43. The maximum absolute atomic E-state index is 14.1. The van der Waals surface area contributed by atoms with Crippen molar-refractivity contribution < 1.29 is 9.18 Å². The van der Waals surface area contributed by atoms with Crippen molar-refractivity contribution >= 4 is 45.1 Å². The highest BCUT2D eigenvalue weighted by Gasteiger charge is 2.19. The Balaban J connectivity index is 1.62. The first-order chi connectivity index (χ1) is 16.4. The standard InChI is InChI=1S/C26H20ClFN4O2/c1-16-6-2-5-9-21(16)30-23(33)14-32-22-11-10-18(28)12-19(22)24-25(32)26(34)31(15-29-24)13-17-7-3-4-8-20(17)27/h2-12,15H,13-14H2,1H3,(H,30,33). The number of rotatable bonds is 5. The molecule has 0 fully saturated rings. The molecule has 0 spiro atoms. The molecule has 1 amide bonds. The van der Waals surface area contributed by atoms with Crippen molar-refractivity contribution in [2.24, 2.45) is 0 Å². The lowest BCUT2D eigenvalue weighted by molar-refractivity contribution is -0.116. The van der Waals surface area contributed by atoms with E-state index in [1.807, 2.05) is 49.4 Å². The second-order valence-electron chi connectivity index (χ2n) is 8.08. The third kappa shape index (κ3) is 3.95. The molecule has 0 atom stereocenters. The molecule has 0 aliphatic carbocycles. The Labute approximate surface area is 199 Å². The summed E-state index contributed by atoms with van der Waals surface area (Å²) >= 11 is 6.28. The van der Waals surface area contributed by atoms with Crippen LogP contribution in [0.15, 0.2) is 77.9 Å². The van der Waals surface area contributed by atoms with Crippen molar-refractivity contribution in [2.45, 2.75) is 20.0 Å². The fourth-order valence-electron chi connectivity index (χ4n) is 4.11. The number of aromatic nitrogens is 3. The molecule has 5 aromatic rings. The predicted molar refractivity (Wildman–Crippen MR) is 132 cm³/mol. The van der Waals surface area contributed by atoms with Crippen molar-refractivity contribution in [3.8, 4) is 0 Å². The summed E-state index contributed by atoms with van der Waals surface area (Å²) in [5, 5.41) is 3.90. The molecule has 170 valence electrons. The minimum absolute atomic E-state index is 0.132. The van der Waals surface area contributed by atoms with Crippen LogP contribution in [0, 0.1) is 12.7 Å². The number of anilines is 1. The minimum Gasteiger partial charge on any atom is -0.325 e. The van der Waals surface area contributed by atoms with Crippen molar-refractivity contribution in [3.05, 3.63) is 105 Å². The number of aryl methyl sites for hydroxylation is 1. The van der Waals surface area contributed by atoms with E-state index < -0.39 is 5.82 Å². The van der Waals surface area contributed by atoms with Crippen LogP contribution in [0.5, 0.6) is 0 Å². The first kappa shape index (κ1) is 21.9. The molecule has 34 heavy (non-hydrogen) atoms. The maximum atomic E-state index is 14.1. The molecule has 2 aromatic heterocycles. The Hall–Kier alpha value is -3.97. The highest BCUT2D eigenvalue weighted by Crippen LogP contribution is 2.27. The summed E-state index contributed by atoms with van der Waals surface area (Å²) in [4.78, 5) is 31.0. The molecule has 0 bridgehead atoms. The van der Waals surface area contributed by atoms with Crippen LogP contribution in [0.1, 0.15) is 11.1 Å². The average Bonchev–Trinajstić information content (AvgIpc) is 3.11. The Bertz CT molecular complexity index is 1620. The van der Waals surface area contributed by atoms with Gasteiger partial charge in [0.1, 0.15) is 23.4 Å². The normalized spacial score (nSPS) is 11.3. The van der Waals surface area contributed by atoms with Gasteiger partial charge in [0, 0.05) is 16.1 Å². The molecular formula is C26H20ClFN4O2. The summed E-state index contributed by atoms with van der Waals surface area (Å²) in [5.74, 6) is -0.753. The minimum atomic E-state index is -0.446. The number of hydrogen-bond acceptors (Lipinski definition) is 3. The van der Waals surface area contributed by atoms with Crippen LogP contribution in [0.25, 0.3) is 21.9 Å². The van der Waals surface area contributed by atoms with Gasteiger partial charge in [-0.05, 0) is 48.4 Å². The molecule has 8 heteroatoms. The number of carbonyl (C=O) groups is 1. The van der Waals surface area contributed by atoms with E-state index in [0.717, 1.165) is 11.1 Å². The lowest BCUT2D eigenvalue weighted by Gasteiger charge is -2.11. The number of carbonyl (C=O) groups excluding carboxylic acids is 1. The predicted octanol–water partition coefficient (Wildman–Crippen LogP) is 5.14. The Morgan fingerprint density at radius 2 is 1.85 bits per heavy atom. The van der Waals surface area contributed by atoms with Gasteiger partial charge in [-0.15, -0.1) is 0 Å². The fraction of sp³-hybridized carbons (Fsp3) is 0.115. The lowest BCUT2D eigenvalue weighted by atomic mass is 10.2. The van der Waals surface area contributed by atoms with E-state index in [1.165, 1.54) is 23.0 Å². The van der Waals surface area contributed by atoms with Gasteiger partial charge < -0.3 is 9.88 Å². The summed E-state index contributed by atoms with van der Waals surface area (Å²) < 4.78 is 17.1. The van der Waals surface area contributed by atoms with Crippen LogP contribution < -0.4 is 10.9 Å². The zero-order valence-electron chi connectivity index (χ0n) is 18.3. The number of amides is 1. The molecule has 0 unspecified atom stereocenters. The summed E-state index contributed by atoms with van der Waals surface area (Å²) in [6.45, 7) is 1.98. The Morgan fingerprint density at radius 3 is 2.65 bits per heavy atom. The lowest BCUT2D eigenvalue weighted by Crippen LogP contribution is -2.25. The van der Waals surface area contributed by atoms with Crippen LogP contribution in [0.4, 0.5) is 10.1 Å². The topological polar surface area (TPSA) is 68.9 Å². The molecular weight excluding hydrogens is 455 g/mol. The zero-order valence-corrected chi connectivity index (χ0v) is 19.0. The Morgan fingerprint density at radius 1 is 1.09 bits per heavy atom. The smallest absolute Gasteiger partial charge is 0.278 e. The van der Waals surface area contributed by atoms with Crippen LogP contribution >= 0.6 is 11.6 Å². The van der Waals surface area contributed by atoms with Crippen molar-refractivity contribution in [1.82, 2.24) is 14.1 Å². The van der Waals surface area contributed by atoms with Gasteiger partial charge in [-0.2, -0.15) is 0 Å². The first-order valence-electron chi connectivity index (χ1n) is 10.7. The monoisotopic (exact) mass is 474 g/mol. The van der Waals surface area contributed by atoms with Crippen LogP contribution in [0.3, 0.4) is 0 Å². The number of para-hydroxylation sites is 1. The van der Waals surface area contributed by atoms with Gasteiger partial charge in [0.2, 0.25) is 5.91 Å². The highest BCUT2D eigenvalue weighted by molar-refractivity contribution is 6.31. The van der Waals surface area contributed by atoms with Gasteiger partial charge >= 0.3 is 0 Å². The van der Waals surface area contributed by atoms with Crippen molar-refractivity contribution in [3.63, 3.8) is 0 Å². The molecule has 3 aromatic carbocycles. The molecule has 0 radical (unpaired) electrons. The molecule has 0 aliphatic heterocycles. The summed E-state index contributed by atoms with van der Waals surface area (Å²) in [5.41, 5.74) is 3.16. The van der Waals surface area contributed by atoms with Crippen LogP contribution in [-0.4, -0.2) is 20.0 Å². The van der Waals surface area contributed by atoms with E-state index in [1.54, 1.807) is 16.7 Å². The summed E-state index contributed by atoms with van der Waals surface area (Å²) in [6, 6.07) is 18.9. The van der Waals surface area contributed by atoms with Crippen LogP contribution in [0.2, 0.25) is 5.02 Å². The first-order valence-corrected chi connectivity index (χ1v) is 11.1. The number of hydrogen-bond donors (Lipinski definition) is 1. The molecule has 6 nitrogen and oxygen atoms in total. The second kappa shape index (κ2) is 8.76. The van der Waals surface area contributed by atoms with Gasteiger partial charge in [0.15, 0.2) is 0 Å². The number of nitrogens with one attached hydrogen (secondary N) is 1. The van der Waals surface area contributed by atoms with Gasteiger partial charge in [0.05, 0.1) is 18.4 Å². The van der Waals surface area contributed by atoms with E-state index in [4.69, 9.17) is 11.6 Å². The second-order valence-corrected chi connectivity index (χ2v) is 8.48. The third-order valence-corrected chi connectivity index (χ3v) is 6.18. The maximum Gasteiger partial charge on any atom is 0.278 e. The number of fused-ring (bicyclic) bond motifs is 3. The zero-order chi connectivity index (χ0) is 23.8. The number of nitrogens with zero attached hydrogens (tertiary/aromatic N) is 3. The van der Waals surface area contributed by atoms with Gasteiger partial charge in [-0.3, -0.25) is 14.2 Å². The largest absolute Gasteiger partial charge is 0.325 e. The van der Waals surface area contributed by atoms with Gasteiger partial charge in [-0.1, -0.05) is 48.0 Å². The molecule has 2 heterocycles. The SMILES string of the molecule is Cc1ccccc1NC(=O)Cn1c2ccc(F)cc2c2ncn(Cc3ccccc3Cl)c(=O)c21. The van der Waals surface area contributed by atoms with E-state index in [0.29, 0.717) is 27.1 Å². The number of halogens is 2. The molecule has 0 aliphatic rings. The quantitative estimate of drug-likeness (QED) is 0.383.